The summed E-state index contributed by atoms with van der Waals surface area (Å²) in [6.07, 6.45) is 0.593. The Morgan fingerprint density at radius 3 is 2.58 bits per heavy atom. The molecule has 1 N–H and O–H groups in total. The van der Waals surface area contributed by atoms with E-state index in [2.05, 4.69) is 53.8 Å². The van der Waals surface area contributed by atoms with Gasteiger partial charge in [-0.15, -0.1) is 0 Å². The van der Waals surface area contributed by atoms with Gasteiger partial charge in [0.1, 0.15) is 5.60 Å². The number of hydrogen-bond donors (Lipinski definition) is 1. The van der Waals surface area contributed by atoms with Crippen LogP contribution in [-0.2, 0) is 11.2 Å². The lowest BCUT2D eigenvalue weighted by Crippen LogP contribution is -2.55. The number of nitrogens with zero attached hydrogens (tertiary/aromatic N) is 1. The summed E-state index contributed by atoms with van der Waals surface area (Å²) in [4.78, 5) is 14.5. The van der Waals surface area contributed by atoms with Crippen LogP contribution in [0.3, 0.4) is 0 Å². The van der Waals surface area contributed by atoms with Gasteiger partial charge in [0.15, 0.2) is 0 Å². The minimum absolute atomic E-state index is 0.102. The first-order chi connectivity index (χ1) is 12.4. The average Bonchev–Trinajstić information content (AvgIpc) is 2.62. The molecule has 4 heteroatoms. The molecule has 0 unspecified atom stereocenters. The topological polar surface area (TPSA) is 41.6 Å². The van der Waals surface area contributed by atoms with Crippen molar-refractivity contribution in [2.24, 2.45) is 0 Å². The van der Waals surface area contributed by atoms with Crippen LogP contribution < -0.4 is 5.32 Å². The second kappa shape index (κ2) is 7.92. The number of nitrogens with one attached hydrogen (secondary N) is 1. The molecule has 1 amide bonds. The summed E-state index contributed by atoms with van der Waals surface area (Å²) >= 11 is 0. The highest BCUT2D eigenvalue weighted by molar-refractivity contribution is 5.69. The molecule has 1 saturated heterocycles. The fourth-order valence-electron chi connectivity index (χ4n) is 3.28. The standard InChI is InChI=1S/C22H28N2O2/c1-22(2,3)26-21(25)24-13-12-23-16-20(24)15-17-8-7-11-19(14-17)18-9-5-4-6-10-18/h4-11,14,20,23H,12-13,15-16H2,1-3H3/t20-/m1/s1. The molecule has 0 saturated carbocycles. The van der Waals surface area contributed by atoms with Crippen molar-refractivity contribution >= 4 is 6.09 Å². The Balaban J connectivity index is 1.75. The molecule has 26 heavy (non-hydrogen) atoms. The van der Waals surface area contributed by atoms with Crippen LogP contribution in [0.15, 0.2) is 54.6 Å². The van der Waals surface area contributed by atoms with Gasteiger partial charge in [0.05, 0.1) is 6.04 Å². The largest absolute Gasteiger partial charge is 0.444 e. The van der Waals surface area contributed by atoms with Crippen molar-refractivity contribution in [1.82, 2.24) is 10.2 Å². The van der Waals surface area contributed by atoms with Crippen LogP contribution in [0, 0.1) is 0 Å². The van der Waals surface area contributed by atoms with E-state index in [1.807, 2.05) is 31.7 Å². The van der Waals surface area contributed by atoms with E-state index in [0.717, 1.165) is 19.5 Å². The van der Waals surface area contributed by atoms with Gasteiger partial charge < -0.3 is 15.0 Å². The molecule has 0 radical (unpaired) electrons. The van der Waals surface area contributed by atoms with Crippen LogP contribution in [0.25, 0.3) is 11.1 Å². The van der Waals surface area contributed by atoms with Gasteiger partial charge in [-0.1, -0.05) is 54.6 Å². The molecule has 1 heterocycles. The predicted octanol–water partition coefficient (Wildman–Crippen LogP) is 4.11. The molecule has 0 aliphatic carbocycles. The Morgan fingerprint density at radius 1 is 1.12 bits per heavy atom. The van der Waals surface area contributed by atoms with Crippen LogP contribution in [0.1, 0.15) is 26.3 Å². The number of amides is 1. The molecular weight excluding hydrogens is 324 g/mol. The van der Waals surface area contributed by atoms with E-state index < -0.39 is 5.60 Å². The van der Waals surface area contributed by atoms with Crippen molar-refractivity contribution in [3.8, 4) is 11.1 Å². The molecule has 0 spiro atoms. The second-order valence-corrected chi connectivity index (χ2v) is 7.80. The Kier molecular flexibility index (Phi) is 5.62. The van der Waals surface area contributed by atoms with Gasteiger partial charge in [0.25, 0.3) is 0 Å². The first-order valence-corrected chi connectivity index (χ1v) is 9.27. The minimum atomic E-state index is -0.472. The molecule has 138 valence electrons. The number of rotatable bonds is 3. The third-order valence-corrected chi connectivity index (χ3v) is 4.48. The van der Waals surface area contributed by atoms with E-state index in [4.69, 9.17) is 4.74 Å². The molecule has 0 aromatic heterocycles. The van der Waals surface area contributed by atoms with E-state index in [1.165, 1.54) is 16.7 Å². The van der Waals surface area contributed by atoms with Gasteiger partial charge in [0, 0.05) is 19.6 Å². The summed E-state index contributed by atoms with van der Waals surface area (Å²) in [5.74, 6) is 0. The molecule has 3 rings (SSSR count). The monoisotopic (exact) mass is 352 g/mol. The first kappa shape index (κ1) is 18.5. The zero-order chi connectivity index (χ0) is 18.6. The van der Waals surface area contributed by atoms with Crippen LogP contribution in [0.4, 0.5) is 4.79 Å². The second-order valence-electron chi connectivity index (χ2n) is 7.80. The van der Waals surface area contributed by atoms with Gasteiger partial charge in [-0.2, -0.15) is 0 Å². The van der Waals surface area contributed by atoms with E-state index in [0.29, 0.717) is 6.54 Å². The Bertz CT molecular complexity index is 737. The summed E-state index contributed by atoms with van der Waals surface area (Å²) in [7, 11) is 0. The molecule has 1 atom stereocenters. The van der Waals surface area contributed by atoms with Crippen molar-refractivity contribution in [2.45, 2.75) is 38.8 Å². The fourth-order valence-corrected chi connectivity index (χ4v) is 3.28. The Morgan fingerprint density at radius 2 is 1.85 bits per heavy atom. The summed E-state index contributed by atoms with van der Waals surface area (Å²) < 4.78 is 5.60. The SMILES string of the molecule is CC(C)(C)OC(=O)N1CCNC[C@H]1Cc1cccc(-c2ccccc2)c1. The summed E-state index contributed by atoms with van der Waals surface area (Å²) in [5.41, 5.74) is 3.17. The summed E-state index contributed by atoms with van der Waals surface area (Å²) in [6, 6.07) is 19.0. The minimum Gasteiger partial charge on any atom is -0.444 e. The lowest BCUT2D eigenvalue weighted by Gasteiger charge is -2.37. The van der Waals surface area contributed by atoms with E-state index in [1.54, 1.807) is 0 Å². The molecule has 0 bridgehead atoms. The van der Waals surface area contributed by atoms with Crippen molar-refractivity contribution in [2.75, 3.05) is 19.6 Å². The quantitative estimate of drug-likeness (QED) is 0.904. The van der Waals surface area contributed by atoms with Crippen molar-refractivity contribution in [3.63, 3.8) is 0 Å². The lowest BCUT2D eigenvalue weighted by atomic mass is 9.98. The van der Waals surface area contributed by atoms with E-state index in [9.17, 15) is 4.79 Å². The normalized spacial score (nSPS) is 17.8. The third kappa shape index (κ3) is 4.85. The zero-order valence-electron chi connectivity index (χ0n) is 15.9. The highest BCUT2D eigenvalue weighted by Crippen LogP contribution is 2.22. The summed E-state index contributed by atoms with van der Waals surface area (Å²) in [5, 5.41) is 3.40. The van der Waals surface area contributed by atoms with Crippen molar-refractivity contribution < 1.29 is 9.53 Å². The molecule has 2 aromatic rings. The van der Waals surface area contributed by atoms with Gasteiger partial charge in [0.2, 0.25) is 0 Å². The third-order valence-electron chi connectivity index (χ3n) is 4.48. The lowest BCUT2D eigenvalue weighted by molar-refractivity contribution is 0.0122. The van der Waals surface area contributed by atoms with E-state index >= 15 is 0 Å². The van der Waals surface area contributed by atoms with Crippen molar-refractivity contribution in [3.05, 3.63) is 60.2 Å². The number of carbonyl (C=O) groups excluding carboxylic acids is 1. The highest BCUT2D eigenvalue weighted by Gasteiger charge is 2.30. The van der Waals surface area contributed by atoms with Crippen LogP contribution in [0.5, 0.6) is 0 Å². The summed E-state index contributed by atoms with van der Waals surface area (Å²) in [6.45, 7) is 7.99. The smallest absolute Gasteiger partial charge is 0.410 e. The van der Waals surface area contributed by atoms with Crippen molar-refractivity contribution in [1.29, 1.82) is 0 Å². The maximum Gasteiger partial charge on any atom is 0.410 e. The maximum atomic E-state index is 12.6. The van der Waals surface area contributed by atoms with Crippen LogP contribution >= 0.6 is 0 Å². The Labute approximate surface area is 156 Å². The van der Waals surface area contributed by atoms with Gasteiger partial charge in [-0.3, -0.25) is 0 Å². The molecule has 1 aliphatic rings. The zero-order valence-corrected chi connectivity index (χ0v) is 15.9. The van der Waals surface area contributed by atoms with Gasteiger partial charge >= 0.3 is 6.09 Å². The highest BCUT2D eigenvalue weighted by atomic mass is 16.6. The first-order valence-electron chi connectivity index (χ1n) is 9.27. The molecule has 2 aromatic carbocycles. The van der Waals surface area contributed by atoms with Crippen LogP contribution in [0.2, 0.25) is 0 Å². The molecular formula is C22H28N2O2. The molecule has 1 fully saturated rings. The van der Waals surface area contributed by atoms with E-state index in [-0.39, 0.29) is 12.1 Å². The number of piperazine rings is 1. The Hall–Kier alpha value is -2.33. The number of ether oxygens (including phenoxy) is 1. The fraction of sp³-hybridized carbons (Fsp3) is 0.409. The van der Waals surface area contributed by atoms with Gasteiger partial charge in [-0.05, 0) is 43.9 Å². The average molecular weight is 352 g/mol. The molecule has 1 aliphatic heterocycles. The number of hydrogen-bond acceptors (Lipinski definition) is 3. The van der Waals surface area contributed by atoms with Crippen LogP contribution in [-0.4, -0.2) is 42.3 Å². The molecule has 4 nitrogen and oxygen atoms in total. The number of benzene rings is 2. The maximum absolute atomic E-state index is 12.6. The predicted molar refractivity (Wildman–Crippen MR) is 105 cm³/mol. The number of carbonyl (C=O) groups is 1. The van der Waals surface area contributed by atoms with Gasteiger partial charge in [-0.25, -0.2) is 4.79 Å².